The number of carboxylic acids is 1. The minimum Gasteiger partial charge on any atom is -0.480 e. The molecule has 1 saturated carbocycles. The van der Waals surface area contributed by atoms with Crippen LogP contribution in [0.3, 0.4) is 0 Å². The fourth-order valence-electron chi connectivity index (χ4n) is 3.34. The van der Waals surface area contributed by atoms with Crippen LogP contribution in [0.15, 0.2) is 0 Å². The molecule has 5 nitrogen and oxygen atoms in total. The Morgan fingerprint density at radius 2 is 1.70 bits per heavy atom. The highest BCUT2D eigenvalue weighted by Gasteiger charge is 2.44. The fraction of sp³-hybridized carbons (Fsp3) is 0.867. The lowest BCUT2D eigenvalue weighted by Gasteiger charge is -2.37. The molecule has 114 valence electrons. The number of amides is 1. The summed E-state index contributed by atoms with van der Waals surface area (Å²) >= 11 is 0. The largest absolute Gasteiger partial charge is 0.480 e. The molecule has 1 heterocycles. The summed E-state index contributed by atoms with van der Waals surface area (Å²) < 4.78 is 0. The minimum atomic E-state index is -1.05. The summed E-state index contributed by atoms with van der Waals surface area (Å²) in [5.74, 6) is -0.978. The van der Waals surface area contributed by atoms with E-state index in [-0.39, 0.29) is 5.91 Å². The van der Waals surface area contributed by atoms with Crippen LogP contribution in [0.1, 0.15) is 58.3 Å². The second-order valence-electron chi connectivity index (χ2n) is 6.60. The zero-order valence-corrected chi connectivity index (χ0v) is 12.3. The van der Waals surface area contributed by atoms with Crippen molar-refractivity contribution in [1.82, 2.24) is 10.6 Å². The van der Waals surface area contributed by atoms with Crippen LogP contribution in [0.25, 0.3) is 0 Å². The molecule has 1 unspecified atom stereocenters. The first-order chi connectivity index (χ1) is 9.49. The van der Waals surface area contributed by atoms with Crippen molar-refractivity contribution in [2.75, 3.05) is 13.1 Å². The third-order valence-corrected chi connectivity index (χ3v) is 4.86. The van der Waals surface area contributed by atoms with Crippen molar-refractivity contribution < 1.29 is 14.7 Å². The zero-order chi connectivity index (χ0) is 14.6. The molecule has 2 rings (SSSR count). The number of aliphatic carboxylic acids is 1. The number of carboxylic acid groups (broad SMARTS) is 1. The van der Waals surface area contributed by atoms with E-state index >= 15 is 0 Å². The maximum absolute atomic E-state index is 12.6. The summed E-state index contributed by atoms with van der Waals surface area (Å²) in [6.45, 7) is 3.50. The maximum Gasteiger partial charge on any atom is 0.329 e. The van der Waals surface area contributed by atoms with Gasteiger partial charge in [-0.25, -0.2) is 4.79 Å². The number of hydrogen-bond acceptors (Lipinski definition) is 3. The summed E-state index contributed by atoms with van der Waals surface area (Å²) in [4.78, 5) is 24.3. The lowest BCUT2D eigenvalue weighted by atomic mass is 9.80. The molecule has 2 aliphatic rings. The predicted octanol–water partition coefficient (Wildman–Crippen LogP) is 1.67. The molecule has 5 heteroatoms. The lowest BCUT2D eigenvalue weighted by molar-refractivity contribution is -0.150. The molecular formula is C15H26N2O3. The number of nitrogens with one attached hydrogen (secondary N) is 2. The van der Waals surface area contributed by atoms with E-state index in [9.17, 15) is 14.7 Å². The van der Waals surface area contributed by atoms with E-state index in [1.54, 1.807) is 0 Å². The topological polar surface area (TPSA) is 78.4 Å². The Balaban J connectivity index is 2.11. The molecule has 1 saturated heterocycles. The Labute approximate surface area is 120 Å². The van der Waals surface area contributed by atoms with Crippen LogP contribution in [-0.4, -0.2) is 35.6 Å². The standard InChI is InChI=1S/C15H26N2O3/c1-14(7-6-10-16-11-14)12(18)17-15(13(19)20)8-4-2-3-5-9-15/h16H,2-11H2,1H3,(H,17,18)(H,19,20). The maximum atomic E-state index is 12.6. The number of carbonyl (C=O) groups is 2. The van der Waals surface area contributed by atoms with E-state index in [1.807, 2.05) is 6.92 Å². The Bertz CT molecular complexity index is 367. The van der Waals surface area contributed by atoms with E-state index in [1.165, 1.54) is 0 Å². The zero-order valence-electron chi connectivity index (χ0n) is 12.3. The Kier molecular flexibility index (Phi) is 4.68. The van der Waals surface area contributed by atoms with Crippen LogP contribution >= 0.6 is 0 Å². The van der Waals surface area contributed by atoms with Gasteiger partial charge in [0.2, 0.25) is 5.91 Å². The molecule has 1 atom stereocenters. The van der Waals surface area contributed by atoms with Gasteiger partial charge < -0.3 is 15.7 Å². The quantitative estimate of drug-likeness (QED) is 0.688. The van der Waals surface area contributed by atoms with E-state index in [4.69, 9.17) is 0 Å². The Morgan fingerprint density at radius 3 is 2.20 bits per heavy atom. The molecule has 3 N–H and O–H groups in total. The summed E-state index contributed by atoms with van der Waals surface area (Å²) in [5, 5.41) is 15.8. The van der Waals surface area contributed by atoms with Gasteiger partial charge in [0.15, 0.2) is 0 Å². The minimum absolute atomic E-state index is 0.103. The van der Waals surface area contributed by atoms with Gasteiger partial charge >= 0.3 is 5.97 Å². The highest BCUT2D eigenvalue weighted by molar-refractivity contribution is 5.90. The average Bonchev–Trinajstić information content (AvgIpc) is 2.66. The molecule has 0 aromatic rings. The lowest BCUT2D eigenvalue weighted by Crippen LogP contribution is -2.59. The Morgan fingerprint density at radius 1 is 1.05 bits per heavy atom. The van der Waals surface area contributed by atoms with Gasteiger partial charge in [-0.3, -0.25) is 4.79 Å². The highest BCUT2D eigenvalue weighted by Crippen LogP contribution is 2.31. The van der Waals surface area contributed by atoms with Gasteiger partial charge in [-0.15, -0.1) is 0 Å². The molecule has 0 aromatic heterocycles. The van der Waals surface area contributed by atoms with Crippen molar-refractivity contribution in [3.8, 4) is 0 Å². The van der Waals surface area contributed by atoms with Crippen molar-refractivity contribution in [2.45, 2.75) is 63.8 Å². The van der Waals surface area contributed by atoms with Gasteiger partial charge in [-0.1, -0.05) is 25.7 Å². The first-order valence-electron chi connectivity index (χ1n) is 7.75. The van der Waals surface area contributed by atoms with Gasteiger partial charge in [0.1, 0.15) is 5.54 Å². The van der Waals surface area contributed by atoms with Crippen molar-refractivity contribution in [2.24, 2.45) is 5.41 Å². The fourth-order valence-corrected chi connectivity index (χ4v) is 3.34. The molecular weight excluding hydrogens is 256 g/mol. The highest BCUT2D eigenvalue weighted by atomic mass is 16.4. The van der Waals surface area contributed by atoms with Crippen molar-refractivity contribution in [3.05, 3.63) is 0 Å². The summed E-state index contributed by atoms with van der Waals surface area (Å²) in [7, 11) is 0. The van der Waals surface area contributed by atoms with Crippen molar-refractivity contribution in [3.63, 3.8) is 0 Å². The number of carbonyl (C=O) groups excluding carboxylic acids is 1. The number of piperidine rings is 1. The number of hydrogen-bond donors (Lipinski definition) is 3. The normalized spacial score (nSPS) is 30.2. The molecule has 1 aliphatic carbocycles. The summed E-state index contributed by atoms with van der Waals surface area (Å²) in [6, 6.07) is 0. The molecule has 0 aromatic carbocycles. The molecule has 1 amide bonds. The van der Waals surface area contributed by atoms with Crippen LogP contribution in [0.5, 0.6) is 0 Å². The summed E-state index contributed by atoms with van der Waals surface area (Å²) in [5.41, 5.74) is -1.53. The molecule has 20 heavy (non-hydrogen) atoms. The van der Waals surface area contributed by atoms with Crippen LogP contribution < -0.4 is 10.6 Å². The third-order valence-electron chi connectivity index (χ3n) is 4.86. The van der Waals surface area contributed by atoms with Gasteiger partial charge in [0.05, 0.1) is 5.41 Å². The molecule has 0 spiro atoms. The first-order valence-corrected chi connectivity index (χ1v) is 7.75. The monoisotopic (exact) mass is 282 g/mol. The smallest absolute Gasteiger partial charge is 0.329 e. The van der Waals surface area contributed by atoms with Crippen molar-refractivity contribution in [1.29, 1.82) is 0 Å². The van der Waals surface area contributed by atoms with E-state index in [0.29, 0.717) is 19.4 Å². The van der Waals surface area contributed by atoms with Gasteiger partial charge in [0.25, 0.3) is 0 Å². The van der Waals surface area contributed by atoms with Crippen LogP contribution in [-0.2, 0) is 9.59 Å². The van der Waals surface area contributed by atoms with E-state index in [2.05, 4.69) is 10.6 Å². The van der Waals surface area contributed by atoms with Gasteiger partial charge in [0, 0.05) is 6.54 Å². The van der Waals surface area contributed by atoms with Crippen LogP contribution in [0.4, 0.5) is 0 Å². The third kappa shape index (κ3) is 3.14. The van der Waals surface area contributed by atoms with Gasteiger partial charge in [-0.05, 0) is 39.2 Å². The SMILES string of the molecule is CC1(C(=O)NC2(C(=O)O)CCCCCC2)CCCNC1. The predicted molar refractivity (Wildman–Crippen MR) is 76.4 cm³/mol. The number of rotatable bonds is 3. The van der Waals surface area contributed by atoms with Gasteiger partial charge in [-0.2, -0.15) is 0 Å². The van der Waals surface area contributed by atoms with E-state index in [0.717, 1.165) is 45.1 Å². The van der Waals surface area contributed by atoms with Crippen LogP contribution in [0, 0.1) is 5.41 Å². The summed E-state index contributed by atoms with van der Waals surface area (Å²) in [6.07, 6.45) is 6.76. The van der Waals surface area contributed by atoms with E-state index < -0.39 is 16.9 Å². The second-order valence-corrected chi connectivity index (χ2v) is 6.60. The first kappa shape index (κ1) is 15.3. The van der Waals surface area contributed by atoms with Crippen LogP contribution in [0.2, 0.25) is 0 Å². The second kappa shape index (κ2) is 6.12. The van der Waals surface area contributed by atoms with Crippen molar-refractivity contribution >= 4 is 11.9 Å². The molecule has 1 aliphatic heterocycles. The molecule has 2 fully saturated rings. The molecule has 0 radical (unpaired) electrons. The molecule has 0 bridgehead atoms. The average molecular weight is 282 g/mol. The Hall–Kier alpha value is -1.10.